The molecule has 1 aromatic carbocycles. The standard InChI is InChI=1S/C15H21N3O2/c1-2-13-14(19)17-9-10-18(13)15(20)12-6-4-3-5-11(12)7-8-16/h3-6,13H,2,7-10,16H2,1H3,(H,17,19). The summed E-state index contributed by atoms with van der Waals surface area (Å²) < 4.78 is 0. The molecule has 1 atom stereocenters. The first-order chi connectivity index (χ1) is 9.69. The molecule has 1 unspecified atom stereocenters. The molecule has 108 valence electrons. The Morgan fingerprint density at radius 2 is 2.20 bits per heavy atom. The molecule has 2 amide bonds. The minimum Gasteiger partial charge on any atom is -0.353 e. The van der Waals surface area contributed by atoms with Crippen LogP contribution in [0, 0.1) is 0 Å². The Balaban J connectivity index is 2.28. The Bertz CT molecular complexity index is 502. The number of hydrogen-bond acceptors (Lipinski definition) is 3. The summed E-state index contributed by atoms with van der Waals surface area (Å²) in [5, 5.41) is 2.81. The van der Waals surface area contributed by atoms with Gasteiger partial charge in [-0.2, -0.15) is 0 Å². The monoisotopic (exact) mass is 275 g/mol. The summed E-state index contributed by atoms with van der Waals surface area (Å²) >= 11 is 0. The summed E-state index contributed by atoms with van der Waals surface area (Å²) in [5.41, 5.74) is 7.20. The van der Waals surface area contributed by atoms with Crippen molar-refractivity contribution in [3.63, 3.8) is 0 Å². The van der Waals surface area contributed by atoms with Crippen molar-refractivity contribution >= 4 is 11.8 Å². The van der Waals surface area contributed by atoms with Crippen molar-refractivity contribution in [2.75, 3.05) is 19.6 Å². The number of piperazine rings is 1. The van der Waals surface area contributed by atoms with E-state index in [4.69, 9.17) is 5.73 Å². The van der Waals surface area contributed by atoms with Crippen LogP contribution in [-0.2, 0) is 11.2 Å². The van der Waals surface area contributed by atoms with Crippen molar-refractivity contribution in [1.82, 2.24) is 10.2 Å². The van der Waals surface area contributed by atoms with Crippen molar-refractivity contribution < 1.29 is 9.59 Å². The zero-order chi connectivity index (χ0) is 14.5. The molecule has 3 N–H and O–H groups in total. The lowest BCUT2D eigenvalue weighted by Gasteiger charge is -2.35. The lowest BCUT2D eigenvalue weighted by molar-refractivity contribution is -0.127. The number of amides is 2. The average molecular weight is 275 g/mol. The van der Waals surface area contributed by atoms with Crippen molar-refractivity contribution in [1.29, 1.82) is 0 Å². The van der Waals surface area contributed by atoms with Gasteiger partial charge in [0.25, 0.3) is 5.91 Å². The molecule has 2 rings (SSSR count). The van der Waals surface area contributed by atoms with Crippen molar-refractivity contribution in [2.45, 2.75) is 25.8 Å². The highest BCUT2D eigenvalue weighted by Crippen LogP contribution is 2.17. The fourth-order valence-corrected chi connectivity index (χ4v) is 2.62. The lowest BCUT2D eigenvalue weighted by atomic mass is 10.0. The third-order valence-electron chi connectivity index (χ3n) is 3.64. The summed E-state index contributed by atoms with van der Waals surface area (Å²) in [4.78, 5) is 26.2. The fraction of sp³-hybridized carbons (Fsp3) is 0.467. The first-order valence-electron chi connectivity index (χ1n) is 7.05. The number of rotatable bonds is 4. The molecule has 1 aromatic rings. The van der Waals surface area contributed by atoms with E-state index < -0.39 is 0 Å². The molecule has 1 saturated heterocycles. The van der Waals surface area contributed by atoms with E-state index in [9.17, 15) is 9.59 Å². The third-order valence-corrected chi connectivity index (χ3v) is 3.64. The topological polar surface area (TPSA) is 75.4 Å². The molecule has 0 spiro atoms. The summed E-state index contributed by atoms with van der Waals surface area (Å²) in [7, 11) is 0. The van der Waals surface area contributed by atoms with Crippen molar-refractivity contribution in [3.8, 4) is 0 Å². The van der Waals surface area contributed by atoms with Gasteiger partial charge in [0.1, 0.15) is 6.04 Å². The first kappa shape index (κ1) is 14.5. The van der Waals surface area contributed by atoms with Crippen LogP contribution in [0.1, 0.15) is 29.3 Å². The molecular formula is C15H21N3O2. The fourth-order valence-electron chi connectivity index (χ4n) is 2.62. The molecule has 1 aliphatic rings. The lowest BCUT2D eigenvalue weighted by Crippen LogP contribution is -2.57. The molecule has 0 radical (unpaired) electrons. The summed E-state index contributed by atoms with van der Waals surface area (Å²) in [6.45, 7) is 3.49. The van der Waals surface area contributed by atoms with E-state index in [0.717, 1.165) is 5.56 Å². The molecule has 1 heterocycles. The molecule has 5 heteroatoms. The molecule has 0 aromatic heterocycles. The van der Waals surface area contributed by atoms with Gasteiger partial charge in [0, 0.05) is 18.7 Å². The van der Waals surface area contributed by atoms with Gasteiger partial charge in [0.15, 0.2) is 0 Å². The van der Waals surface area contributed by atoms with Crippen LogP contribution >= 0.6 is 0 Å². The summed E-state index contributed by atoms with van der Waals surface area (Å²) in [6, 6.07) is 7.11. The Hall–Kier alpha value is -1.88. The summed E-state index contributed by atoms with van der Waals surface area (Å²) in [5.74, 6) is -0.140. The Kier molecular flexibility index (Phi) is 4.74. The maximum Gasteiger partial charge on any atom is 0.254 e. The summed E-state index contributed by atoms with van der Waals surface area (Å²) in [6.07, 6.45) is 1.29. The SMILES string of the molecule is CCC1C(=O)NCCN1C(=O)c1ccccc1CCN. The van der Waals surface area contributed by atoms with Gasteiger partial charge in [-0.05, 0) is 31.0 Å². The van der Waals surface area contributed by atoms with Crippen LogP contribution in [-0.4, -0.2) is 42.4 Å². The van der Waals surface area contributed by atoms with Crippen LogP contribution in [0.15, 0.2) is 24.3 Å². The van der Waals surface area contributed by atoms with Crippen LogP contribution in [0.3, 0.4) is 0 Å². The number of nitrogens with one attached hydrogen (secondary N) is 1. The highest BCUT2D eigenvalue weighted by Gasteiger charge is 2.32. The van der Waals surface area contributed by atoms with Crippen LogP contribution < -0.4 is 11.1 Å². The van der Waals surface area contributed by atoms with Gasteiger partial charge < -0.3 is 16.0 Å². The number of carbonyl (C=O) groups excluding carboxylic acids is 2. The minimum atomic E-state index is -0.373. The number of benzene rings is 1. The maximum absolute atomic E-state index is 12.7. The second-order valence-electron chi connectivity index (χ2n) is 4.91. The highest BCUT2D eigenvalue weighted by atomic mass is 16.2. The van der Waals surface area contributed by atoms with Crippen molar-refractivity contribution in [2.24, 2.45) is 5.73 Å². The highest BCUT2D eigenvalue weighted by molar-refractivity contribution is 5.99. The van der Waals surface area contributed by atoms with E-state index in [0.29, 0.717) is 38.0 Å². The van der Waals surface area contributed by atoms with Crippen LogP contribution in [0.5, 0.6) is 0 Å². The predicted molar refractivity (Wildman–Crippen MR) is 77.3 cm³/mol. The molecule has 20 heavy (non-hydrogen) atoms. The van der Waals surface area contributed by atoms with Gasteiger partial charge >= 0.3 is 0 Å². The van der Waals surface area contributed by atoms with E-state index >= 15 is 0 Å². The van der Waals surface area contributed by atoms with Gasteiger partial charge in [0.05, 0.1) is 0 Å². The Morgan fingerprint density at radius 1 is 1.45 bits per heavy atom. The van der Waals surface area contributed by atoms with Gasteiger partial charge in [-0.1, -0.05) is 25.1 Å². The van der Waals surface area contributed by atoms with Crippen molar-refractivity contribution in [3.05, 3.63) is 35.4 Å². The smallest absolute Gasteiger partial charge is 0.254 e. The number of hydrogen-bond donors (Lipinski definition) is 2. The van der Waals surface area contributed by atoms with E-state index in [2.05, 4.69) is 5.32 Å². The van der Waals surface area contributed by atoms with E-state index in [-0.39, 0.29) is 17.9 Å². The maximum atomic E-state index is 12.7. The Labute approximate surface area is 119 Å². The molecule has 5 nitrogen and oxygen atoms in total. The minimum absolute atomic E-state index is 0.0663. The second-order valence-corrected chi connectivity index (χ2v) is 4.91. The average Bonchev–Trinajstić information content (AvgIpc) is 2.47. The van der Waals surface area contributed by atoms with E-state index in [1.54, 1.807) is 4.90 Å². The Morgan fingerprint density at radius 3 is 2.90 bits per heavy atom. The normalized spacial score (nSPS) is 18.8. The van der Waals surface area contributed by atoms with Gasteiger partial charge in [-0.25, -0.2) is 0 Å². The van der Waals surface area contributed by atoms with Gasteiger partial charge in [-0.3, -0.25) is 9.59 Å². The first-order valence-corrected chi connectivity index (χ1v) is 7.05. The molecule has 1 aliphatic heterocycles. The van der Waals surface area contributed by atoms with Crippen LogP contribution in [0.25, 0.3) is 0 Å². The predicted octanol–water partition coefficient (Wildman–Crippen LogP) is 0.538. The third kappa shape index (κ3) is 2.82. The quantitative estimate of drug-likeness (QED) is 0.842. The van der Waals surface area contributed by atoms with E-state index in [1.165, 1.54) is 0 Å². The number of carbonyl (C=O) groups is 2. The number of nitrogens with two attached hydrogens (primary N) is 1. The second kappa shape index (κ2) is 6.52. The molecule has 0 bridgehead atoms. The number of nitrogens with zero attached hydrogens (tertiary/aromatic N) is 1. The zero-order valence-electron chi connectivity index (χ0n) is 11.8. The van der Waals surface area contributed by atoms with Gasteiger partial charge in [-0.15, -0.1) is 0 Å². The molecule has 0 saturated carbocycles. The van der Waals surface area contributed by atoms with Crippen LogP contribution in [0.2, 0.25) is 0 Å². The van der Waals surface area contributed by atoms with Crippen LogP contribution in [0.4, 0.5) is 0 Å². The van der Waals surface area contributed by atoms with Gasteiger partial charge in [0.2, 0.25) is 5.91 Å². The largest absolute Gasteiger partial charge is 0.353 e. The zero-order valence-corrected chi connectivity index (χ0v) is 11.8. The molecular weight excluding hydrogens is 254 g/mol. The molecule has 1 fully saturated rings. The molecule has 0 aliphatic carbocycles. The van der Waals surface area contributed by atoms with E-state index in [1.807, 2.05) is 31.2 Å².